The average molecular weight is 272 g/mol. The van der Waals surface area contributed by atoms with Gasteiger partial charge in [0.15, 0.2) is 0 Å². The molecule has 106 valence electrons. The number of morpholine rings is 1. The van der Waals surface area contributed by atoms with Crippen LogP contribution in [0.5, 0.6) is 11.8 Å². The van der Waals surface area contributed by atoms with E-state index in [4.69, 9.17) is 9.47 Å². The Morgan fingerprint density at radius 2 is 1.89 bits per heavy atom. The third-order valence-electron chi connectivity index (χ3n) is 2.69. The van der Waals surface area contributed by atoms with Crippen molar-refractivity contribution in [3.05, 3.63) is 12.1 Å². The third kappa shape index (κ3) is 3.76. The fraction of sp³-hybridized carbons (Fsp3) is 0.545. The van der Waals surface area contributed by atoms with E-state index < -0.39 is 6.16 Å². The number of carbonyl (C=O) groups is 1. The molecule has 0 aliphatic carbocycles. The molecule has 0 saturated carbocycles. The maximum absolute atomic E-state index is 11.3. The minimum absolute atomic E-state index is 0.168. The molecule has 0 atom stereocenters. The van der Waals surface area contributed by atoms with Crippen LogP contribution in [0, 0.1) is 0 Å². The molecule has 0 spiro atoms. The Bertz CT molecular complexity index is 407. The number of carbonyl (C=O) groups excluding carboxylic acids is 1. The number of nitrogens with zero attached hydrogens (tertiary/aromatic N) is 2. The molecule has 8 heteroatoms. The summed E-state index contributed by atoms with van der Waals surface area (Å²) in [6.45, 7) is 3.71. The van der Waals surface area contributed by atoms with Crippen molar-refractivity contribution in [3.8, 4) is 11.8 Å². The normalized spacial score (nSPS) is 16.2. The number of hydrogen-bond acceptors (Lipinski definition) is 7. The van der Waals surface area contributed by atoms with Gasteiger partial charge in [0.1, 0.15) is 6.61 Å². The number of ether oxygens (including phenoxy) is 2. The van der Waals surface area contributed by atoms with E-state index in [9.17, 15) is 15.0 Å². The van der Waals surface area contributed by atoms with Gasteiger partial charge in [-0.05, 0) is 0 Å². The molecule has 1 aliphatic heterocycles. The van der Waals surface area contributed by atoms with Crippen molar-refractivity contribution in [3.63, 3.8) is 0 Å². The van der Waals surface area contributed by atoms with Gasteiger partial charge < -0.3 is 19.7 Å². The van der Waals surface area contributed by atoms with Crippen molar-refractivity contribution in [2.24, 2.45) is 0 Å². The fourth-order valence-corrected chi connectivity index (χ4v) is 1.68. The first kappa shape index (κ1) is 13.5. The van der Waals surface area contributed by atoms with Gasteiger partial charge >= 0.3 is 6.16 Å². The second-order valence-corrected chi connectivity index (χ2v) is 3.99. The Morgan fingerprint density at radius 1 is 1.26 bits per heavy atom. The molecule has 1 fully saturated rings. The van der Waals surface area contributed by atoms with Crippen LogP contribution in [-0.2, 0) is 9.47 Å². The number of aromatic nitrogens is 1. The highest BCUT2D eigenvalue weighted by molar-refractivity contribution is 5.60. The standard InChI is InChI=1S/C11H16N2O6/c14-9-1-2-10(15)13(9)19-11(16)18-8-5-12-3-6-17-7-4-12/h1-2,14-15H,3-8H2. The third-order valence-corrected chi connectivity index (χ3v) is 2.69. The van der Waals surface area contributed by atoms with Crippen molar-refractivity contribution >= 4 is 6.16 Å². The van der Waals surface area contributed by atoms with Gasteiger partial charge in [-0.1, -0.05) is 0 Å². The lowest BCUT2D eigenvalue weighted by atomic mass is 10.4. The van der Waals surface area contributed by atoms with Crippen LogP contribution in [0.15, 0.2) is 12.1 Å². The van der Waals surface area contributed by atoms with Gasteiger partial charge in [-0.3, -0.25) is 9.74 Å². The van der Waals surface area contributed by atoms with Gasteiger partial charge in [0.25, 0.3) is 0 Å². The Kier molecular flexibility index (Phi) is 4.48. The van der Waals surface area contributed by atoms with Crippen molar-refractivity contribution in [2.75, 3.05) is 39.5 Å². The zero-order valence-electron chi connectivity index (χ0n) is 10.3. The van der Waals surface area contributed by atoms with E-state index in [1.807, 2.05) is 0 Å². The molecule has 1 saturated heterocycles. The maximum atomic E-state index is 11.3. The van der Waals surface area contributed by atoms with Crippen LogP contribution in [0.2, 0.25) is 0 Å². The van der Waals surface area contributed by atoms with E-state index in [1.54, 1.807) is 0 Å². The second kappa shape index (κ2) is 6.30. The van der Waals surface area contributed by atoms with Crippen LogP contribution >= 0.6 is 0 Å². The summed E-state index contributed by atoms with van der Waals surface area (Å²) in [4.78, 5) is 18.0. The average Bonchev–Trinajstić information content (AvgIpc) is 2.72. The summed E-state index contributed by atoms with van der Waals surface area (Å²) >= 11 is 0. The highest BCUT2D eigenvalue weighted by atomic mass is 16.8. The SMILES string of the molecule is O=C(OCCN1CCOCC1)On1c(O)ccc1O. The summed E-state index contributed by atoms with van der Waals surface area (Å²) in [5.41, 5.74) is 0. The fourth-order valence-electron chi connectivity index (χ4n) is 1.68. The Hall–Kier alpha value is -1.93. The summed E-state index contributed by atoms with van der Waals surface area (Å²) in [5.74, 6) is -0.773. The van der Waals surface area contributed by atoms with Gasteiger partial charge in [0.2, 0.25) is 11.8 Å². The lowest BCUT2D eigenvalue weighted by molar-refractivity contribution is 0.00981. The molecule has 0 bridgehead atoms. The van der Waals surface area contributed by atoms with Gasteiger partial charge in [-0.2, -0.15) is 0 Å². The van der Waals surface area contributed by atoms with Crippen molar-refractivity contribution < 1.29 is 29.3 Å². The van der Waals surface area contributed by atoms with E-state index >= 15 is 0 Å². The van der Waals surface area contributed by atoms with Crippen LogP contribution in [0.3, 0.4) is 0 Å². The topological polar surface area (TPSA) is 93.4 Å². The molecular weight excluding hydrogens is 256 g/mol. The van der Waals surface area contributed by atoms with Crippen LogP contribution in [0.1, 0.15) is 0 Å². The van der Waals surface area contributed by atoms with Crippen LogP contribution in [-0.4, -0.2) is 65.5 Å². The molecule has 0 radical (unpaired) electrons. The highest BCUT2D eigenvalue weighted by Gasteiger charge is 2.14. The van der Waals surface area contributed by atoms with Gasteiger partial charge in [-0.15, -0.1) is 4.73 Å². The molecule has 0 amide bonds. The smallest absolute Gasteiger partial charge is 0.492 e. The molecule has 8 nitrogen and oxygen atoms in total. The van der Waals surface area contributed by atoms with Crippen LogP contribution in [0.25, 0.3) is 0 Å². The van der Waals surface area contributed by atoms with Crippen molar-refractivity contribution in [1.82, 2.24) is 9.63 Å². The lowest BCUT2D eigenvalue weighted by Crippen LogP contribution is -2.38. The molecule has 19 heavy (non-hydrogen) atoms. The van der Waals surface area contributed by atoms with E-state index in [1.165, 1.54) is 12.1 Å². The van der Waals surface area contributed by atoms with Crippen LogP contribution in [0.4, 0.5) is 4.79 Å². The molecule has 1 aromatic heterocycles. The monoisotopic (exact) mass is 272 g/mol. The molecular formula is C11H16N2O6. The van der Waals surface area contributed by atoms with E-state index in [2.05, 4.69) is 9.74 Å². The largest absolute Gasteiger partial charge is 0.534 e. The van der Waals surface area contributed by atoms with Gasteiger partial charge in [-0.25, -0.2) is 4.79 Å². The molecule has 2 heterocycles. The molecule has 0 unspecified atom stereocenters. The van der Waals surface area contributed by atoms with E-state index in [-0.39, 0.29) is 18.4 Å². The highest BCUT2D eigenvalue weighted by Crippen LogP contribution is 2.18. The number of aromatic hydroxyl groups is 2. The van der Waals surface area contributed by atoms with Gasteiger partial charge in [0.05, 0.1) is 13.2 Å². The molecule has 2 rings (SSSR count). The minimum atomic E-state index is -0.991. The van der Waals surface area contributed by atoms with Crippen LogP contribution < -0.4 is 4.84 Å². The quantitative estimate of drug-likeness (QED) is 0.733. The second-order valence-electron chi connectivity index (χ2n) is 3.99. The van der Waals surface area contributed by atoms with Crippen molar-refractivity contribution in [1.29, 1.82) is 0 Å². The zero-order valence-corrected chi connectivity index (χ0v) is 10.3. The summed E-state index contributed by atoms with van der Waals surface area (Å²) in [7, 11) is 0. The summed E-state index contributed by atoms with van der Waals surface area (Å²) < 4.78 is 10.6. The van der Waals surface area contributed by atoms with E-state index in [0.717, 1.165) is 13.1 Å². The lowest BCUT2D eigenvalue weighted by Gasteiger charge is -2.25. The number of hydrogen-bond donors (Lipinski definition) is 2. The Labute approximate surface area is 109 Å². The summed E-state index contributed by atoms with van der Waals surface area (Å²) in [6, 6.07) is 2.38. The predicted molar refractivity (Wildman–Crippen MR) is 62.9 cm³/mol. The number of rotatable bonds is 4. The minimum Gasteiger partial charge on any atom is -0.492 e. The first-order valence-electron chi connectivity index (χ1n) is 5.91. The predicted octanol–water partition coefficient (Wildman–Crippen LogP) is -0.203. The summed E-state index contributed by atoms with van der Waals surface area (Å²) in [6.07, 6.45) is -0.991. The van der Waals surface area contributed by atoms with Crippen molar-refractivity contribution in [2.45, 2.75) is 0 Å². The first-order valence-corrected chi connectivity index (χ1v) is 5.91. The Balaban J connectivity index is 1.70. The molecule has 1 aromatic rings. The van der Waals surface area contributed by atoms with Gasteiger partial charge in [0, 0.05) is 31.8 Å². The first-order chi connectivity index (χ1) is 9.16. The Morgan fingerprint density at radius 3 is 2.53 bits per heavy atom. The maximum Gasteiger partial charge on any atom is 0.534 e. The zero-order chi connectivity index (χ0) is 13.7. The van der Waals surface area contributed by atoms with E-state index in [0.29, 0.717) is 24.5 Å². The molecule has 2 N–H and O–H groups in total. The molecule has 1 aliphatic rings. The molecule has 0 aromatic carbocycles. The summed E-state index contributed by atoms with van der Waals surface area (Å²) in [5, 5.41) is 18.5.